The second-order valence-corrected chi connectivity index (χ2v) is 6.63. The van der Waals surface area contributed by atoms with Gasteiger partial charge >= 0.3 is 0 Å². The third-order valence-electron chi connectivity index (χ3n) is 2.78. The number of benzene rings is 2. The standard InChI is InChI=1S/C15H11BrCl3NO2/c1-8-2-3-9(17)6-13(8)20-14(21)7-22-15-11(16)4-10(18)5-12(15)19/h2-6H,7H2,1H3,(H,20,21). The number of ether oxygens (including phenoxy) is 1. The van der Waals surface area contributed by atoms with E-state index in [0.29, 0.717) is 31.0 Å². The molecule has 2 rings (SSSR count). The average molecular weight is 424 g/mol. The number of halogens is 4. The van der Waals surface area contributed by atoms with Crippen molar-refractivity contribution in [1.29, 1.82) is 0 Å². The van der Waals surface area contributed by atoms with E-state index in [0.717, 1.165) is 5.56 Å². The molecule has 0 fully saturated rings. The highest BCUT2D eigenvalue weighted by atomic mass is 79.9. The molecule has 22 heavy (non-hydrogen) atoms. The Kier molecular flexibility index (Phi) is 5.98. The predicted molar refractivity (Wildman–Crippen MR) is 94.5 cm³/mol. The van der Waals surface area contributed by atoms with E-state index in [1.807, 2.05) is 13.0 Å². The van der Waals surface area contributed by atoms with Gasteiger partial charge in [-0.05, 0) is 52.7 Å². The van der Waals surface area contributed by atoms with E-state index >= 15 is 0 Å². The molecule has 3 nitrogen and oxygen atoms in total. The van der Waals surface area contributed by atoms with Crippen LogP contribution < -0.4 is 10.1 Å². The number of rotatable bonds is 4. The third kappa shape index (κ3) is 4.53. The van der Waals surface area contributed by atoms with Gasteiger partial charge < -0.3 is 10.1 Å². The van der Waals surface area contributed by atoms with Crippen LogP contribution in [0.15, 0.2) is 34.8 Å². The summed E-state index contributed by atoms with van der Waals surface area (Å²) in [4.78, 5) is 12.0. The maximum absolute atomic E-state index is 12.0. The SMILES string of the molecule is Cc1ccc(Cl)cc1NC(=O)COc1c(Cl)cc(Cl)cc1Br. The topological polar surface area (TPSA) is 38.3 Å². The molecule has 116 valence electrons. The normalized spacial score (nSPS) is 10.4. The number of anilines is 1. The van der Waals surface area contributed by atoms with Crippen LogP contribution in [-0.2, 0) is 4.79 Å². The molecule has 0 unspecified atom stereocenters. The number of carbonyl (C=O) groups is 1. The molecule has 2 aromatic carbocycles. The van der Waals surface area contributed by atoms with Crippen LogP contribution in [0.1, 0.15) is 5.56 Å². The number of amides is 1. The summed E-state index contributed by atoms with van der Waals surface area (Å²) in [5, 5.41) is 4.09. The number of hydrogen-bond donors (Lipinski definition) is 1. The van der Waals surface area contributed by atoms with Crippen LogP contribution in [0, 0.1) is 6.92 Å². The van der Waals surface area contributed by atoms with E-state index in [4.69, 9.17) is 39.5 Å². The molecular weight excluding hydrogens is 412 g/mol. The molecule has 0 aliphatic rings. The third-order valence-corrected chi connectivity index (χ3v) is 4.11. The highest BCUT2D eigenvalue weighted by Gasteiger charge is 2.12. The summed E-state index contributed by atoms with van der Waals surface area (Å²) >= 11 is 21.1. The Balaban J connectivity index is 2.03. The smallest absolute Gasteiger partial charge is 0.262 e. The van der Waals surface area contributed by atoms with Gasteiger partial charge in [-0.25, -0.2) is 0 Å². The fraction of sp³-hybridized carbons (Fsp3) is 0.133. The quantitative estimate of drug-likeness (QED) is 0.681. The molecule has 0 heterocycles. The van der Waals surface area contributed by atoms with Gasteiger partial charge in [0.15, 0.2) is 12.4 Å². The number of hydrogen-bond acceptors (Lipinski definition) is 2. The summed E-state index contributed by atoms with van der Waals surface area (Å²) in [6, 6.07) is 8.45. The van der Waals surface area contributed by atoms with E-state index < -0.39 is 0 Å². The minimum absolute atomic E-state index is 0.189. The van der Waals surface area contributed by atoms with E-state index in [1.165, 1.54) is 0 Å². The molecule has 0 aliphatic heterocycles. The number of carbonyl (C=O) groups excluding carboxylic acids is 1. The van der Waals surface area contributed by atoms with Crippen molar-refractivity contribution < 1.29 is 9.53 Å². The van der Waals surface area contributed by atoms with Crippen molar-refractivity contribution in [3.8, 4) is 5.75 Å². The molecule has 2 aromatic rings. The van der Waals surface area contributed by atoms with Crippen molar-refractivity contribution in [2.45, 2.75) is 6.92 Å². The first kappa shape index (κ1) is 17.4. The van der Waals surface area contributed by atoms with Gasteiger partial charge in [-0.1, -0.05) is 40.9 Å². The zero-order valence-corrected chi connectivity index (χ0v) is 15.3. The first-order valence-corrected chi connectivity index (χ1v) is 8.13. The van der Waals surface area contributed by atoms with Gasteiger partial charge in [0, 0.05) is 15.7 Å². The molecule has 0 saturated carbocycles. The second kappa shape index (κ2) is 7.55. The summed E-state index contributed by atoms with van der Waals surface area (Å²) in [7, 11) is 0. The molecule has 0 aliphatic carbocycles. The van der Waals surface area contributed by atoms with Crippen LogP contribution in [-0.4, -0.2) is 12.5 Å². The highest BCUT2D eigenvalue weighted by molar-refractivity contribution is 9.10. The Morgan fingerprint density at radius 3 is 2.59 bits per heavy atom. The second-order valence-electron chi connectivity index (χ2n) is 4.49. The molecule has 7 heteroatoms. The minimum Gasteiger partial charge on any atom is -0.481 e. The van der Waals surface area contributed by atoms with Crippen molar-refractivity contribution in [2.24, 2.45) is 0 Å². The van der Waals surface area contributed by atoms with Crippen LogP contribution in [0.5, 0.6) is 5.75 Å². The van der Waals surface area contributed by atoms with Crippen molar-refractivity contribution in [3.05, 3.63) is 55.4 Å². The highest BCUT2D eigenvalue weighted by Crippen LogP contribution is 2.36. The van der Waals surface area contributed by atoms with Gasteiger partial charge in [-0.3, -0.25) is 4.79 Å². The van der Waals surface area contributed by atoms with Crippen LogP contribution in [0.3, 0.4) is 0 Å². The maximum Gasteiger partial charge on any atom is 0.262 e. The molecule has 1 N–H and O–H groups in total. The molecule has 0 radical (unpaired) electrons. The summed E-state index contributed by atoms with van der Waals surface area (Å²) in [6.07, 6.45) is 0. The van der Waals surface area contributed by atoms with Gasteiger partial charge in [0.1, 0.15) is 0 Å². The van der Waals surface area contributed by atoms with E-state index in [1.54, 1.807) is 24.3 Å². The average Bonchev–Trinajstić information content (AvgIpc) is 2.41. The van der Waals surface area contributed by atoms with Crippen LogP contribution >= 0.6 is 50.7 Å². The van der Waals surface area contributed by atoms with Gasteiger partial charge in [-0.2, -0.15) is 0 Å². The first-order chi connectivity index (χ1) is 10.4. The summed E-state index contributed by atoms with van der Waals surface area (Å²) in [5.41, 5.74) is 1.55. The lowest BCUT2D eigenvalue weighted by Gasteiger charge is -2.12. The van der Waals surface area contributed by atoms with Gasteiger partial charge in [0.2, 0.25) is 0 Å². The predicted octanol–water partition coefficient (Wildman–Crippen LogP) is 5.74. The number of nitrogens with one attached hydrogen (secondary N) is 1. The summed E-state index contributed by atoms with van der Waals surface area (Å²) in [5.74, 6) is 0.0484. The monoisotopic (exact) mass is 421 g/mol. The fourth-order valence-corrected chi connectivity index (χ4v) is 3.26. The molecular formula is C15H11BrCl3NO2. The first-order valence-electron chi connectivity index (χ1n) is 6.20. The molecule has 1 amide bonds. The maximum atomic E-state index is 12.0. The lowest BCUT2D eigenvalue weighted by molar-refractivity contribution is -0.118. The minimum atomic E-state index is -0.316. The van der Waals surface area contributed by atoms with E-state index in [9.17, 15) is 4.79 Å². The Labute approximate surface area is 151 Å². The zero-order chi connectivity index (χ0) is 16.3. The Bertz CT molecular complexity index is 699. The Morgan fingerprint density at radius 1 is 1.18 bits per heavy atom. The Hall–Kier alpha value is -0.940. The van der Waals surface area contributed by atoms with Crippen molar-refractivity contribution in [1.82, 2.24) is 0 Å². The summed E-state index contributed by atoms with van der Waals surface area (Å²) in [6.45, 7) is 1.69. The summed E-state index contributed by atoms with van der Waals surface area (Å²) < 4.78 is 6.02. The van der Waals surface area contributed by atoms with Gasteiger partial charge in [0.05, 0.1) is 9.50 Å². The molecule has 0 spiro atoms. The molecule has 0 atom stereocenters. The van der Waals surface area contributed by atoms with Crippen molar-refractivity contribution >= 4 is 62.3 Å². The van der Waals surface area contributed by atoms with E-state index in [-0.39, 0.29) is 12.5 Å². The molecule has 0 bridgehead atoms. The van der Waals surface area contributed by atoms with Gasteiger partial charge in [-0.15, -0.1) is 0 Å². The zero-order valence-electron chi connectivity index (χ0n) is 11.4. The number of aryl methyl sites for hydroxylation is 1. The van der Waals surface area contributed by atoms with Crippen molar-refractivity contribution in [2.75, 3.05) is 11.9 Å². The molecule has 0 aromatic heterocycles. The van der Waals surface area contributed by atoms with Crippen LogP contribution in [0.25, 0.3) is 0 Å². The van der Waals surface area contributed by atoms with Gasteiger partial charge in [0.25, 0.3) is 5.91 Å². The largest absolute Gasteiger partial charge is 0.481 e. The lowest BCUT2D eigenvalue weighted by Crippen LogP contribution is -2.20. The lowest BCUT2D eigenvalue weighted by atomic mass is 10.2. The fourth-order valence-electron chi connectivity index (χ4n) is 1.72. The van der Waals surface area contributed by atoms with Crippen molar-refractivity contribution in [3.63, 3.8) is 0 Å². The Morgan fingerprint density at radius 2 is 1.91 bits per heavy atom. The molecule has 0 saturated heterocycles. The van der Waals surface area contributed by atoms with Crippen LogP contribution in [0.4, 0.5) is 5.69 Å². The van der Waals surface area contributed by atoms with E-state index in [2.05, 4.69) is 21.2 Å². The van der Waals surface area contributed by atoms with Crippen LogP contribution in [0.2, 0.25) is 15.1 Å².